The molecule has 0 aliphatic carbocycles. The molecule has 0 aliphatic heterocycles. The maximum absolute atomic E-state index is 11.9. The predicted octanol–water partition coefficient (Wildman–Crippen LogP) is 1.97. The van der Waals surface area contributed by atoms with Crippen LogP contribution in [0.3, 0.4) is 0 Å². The molecule has 6 heteroatoms. The van der Waals surface area contributed by atoms with Gasteiger partial charge in [-0.25, -0.2) is 0 Å². The van der Waals surface area contributed by atoms with Crippen molar-refractivity contribution in [2.75, 3.05) is 7.11 Å². The fraction of sp³-hybridized carbons (Fsp3) is 0.143. The highest BCUT2D eigenvalue weighted by Gasteiger charge is 2.07. The number of methoxy groups -OCH3 is 1. The van der Waals surface area contributed by atoms with Crippen LogP contribution in [0.15, 0.2) is 41.3 Å². The van der Waals surface area contributed by atoms with Crippen molar-refractivity contribution in [3.63, 3.8) is 0 Å². The Morgan fingerprint density at radius 3 is 2.65 bits per heavy atom. The molecule has 1 amide bonds. The summed E-state index contributed by atoms with van der Waals surface area (Å²) in [6, 6.07) is 8.69. The van der Waals surface area contributed by atoms with Crippen LogP contribution in [0, 0.1) is 0 Å². The molecule has 0 atom stereocenters. The van der Waals surface area contributed by atoms with E-state index in [1.807, 2.05) is 24.3 Å². The van der Waals surface area contributed by atoms with Gasteiger partial charge in [-0.15, -0.1) is 0 Å². The highest BCUT2D eigenvalue weighted by atomic mass is 35.5. The molecule has 2 rings (SSSR count). The molecule has 2 aromatic rings. The van der Waals surface area contributed by atoms with Gasteiger partial charge in [0.25, 0.3) is 11.5 Å². The van der Waals surface area contributed by atoms with E-state index in [4.69, 9.17) is 16.3 Å². The van der Waals surface area contributed by atoms with Crippen LogP contribution in [0.4, 0.5) is 0 Å². The molecule has 0 fully saturated rings. The predicted molar refractivity (Wildman–Crippen MR) is 76.2 cm³/mol. The molecular formula is C14H13ClN2O3. The zero-order chi connectivity index (χ0) is 14.5. The van der Waals surface area contributed by atoms with E-state index in [0.29, 0.717) is 12.1 Å². The third kappa shape index (κ3) is 3.39. The molecule has 0 unspecified atom stereocenters. The summed E-state index contributed by atoms with van der Waals surface area (Å²) in [5, 5.41) is 2.73. The van der Waals surface area contributed by atoms with Crippen LogP contribution in [0.2, 0.25) is 5.02 Å². The number of pyridine rings is 1. The molecule has 20 heavy (non-hydrogen) atoms. The maximum atomic E-state index is 11.9. The molecule has 0 spiro atoms. The van der Waals surface area contributed by atoms with E-state index >= 15 is 0 Å². The Balaban J connectivity index is 2.00. The van der Waals surface area contributed by atoms with Crippen LogP contribution >= 0.6 is 11.6 Å². The Morgan fingerprint density at radius 1 is 1.35 bits per heavy atom. The number of carbonyl (C=O) groups excluding carboxylic acids is 1. The second-order valence-corrected chi connectivity index (χ2v) is 4.50. The summed E-state index contributed by atoms with van der Waals surface area (Å²) in [4.78, 5) is 25.4. The van der Waals surface area contributed by atoms with Gasteiger partial charge < -0.3 is 15.0 Å². The van der Waals surface area contributed by atoms with Gasteiger partial charge >= 0.3 is 0 Å². The largest absolute Gasteiger partial charge is 0.497 e. The fourth-order valence-electron chi connectivity index (χ4n) is 1.61. The Morgan fingerprint density at radius 2 is 2.05 bits per heavy atom. The zero-order valence-electron chi connectivity index (χ0n) is 10.8. The minimum atomic E-state index is -0.418. The molecule has 0 bridgehead atoms. The van der Waals surface area contributed by atoms with Crippen LogP contribution in [-0.4, -0.2) is 18.0 Å². The van der Waals surface area contributed by atoms with Crippen LogP contribution in [0.1, 0.15) is 15.9 Å². The number of hydrogen-bond donors (Lipinski definition) is 2. The Kier molecular flexibility index (Phi) is 4.42. The minimum absolute atomic E-state index is 0.0119. The quantitative estimate of drug-likeness (QED) is 0.905. The topological polar surface area (TPSA) is 71.2 Å². The number of carbonyl (C=O) groups is 1. The van der Waals surface area contributed by atoms with E-state index in [1.165, 1.54) is 12.3 Å². The smallest absolute Gasteiger partial charge is 0.266 e. The standard InChI is InChI=1S/C14H13ClN2O3/c1-20-11-4-2-9(3-5-11)7-16-13(18)10-6-12(15)14(19)17-8-10/h2-6,8H,7H2,1H3,(H,16,18)(H,17,19). The first-order chi connectivity index (χ1) is 9.60. The number of aromatic amines is 1. The van der Waals surface area contributed by atoms with E-state index in [9.17, 15) is 9.59 Å². The van der Waals surface area contributed by atoms with Gasteiger partial charge in [-0.05, 0) is 23.8 Å². The average Bonchev–Trinajstić information content (AvgIpc) is 2.48. The fourth-order valence-corrected chi connectivity index (χ4v) is 1.79. The number of nitrogens with one attached hydrogen (secondary N) is 2. The van der Waals surface area contributed by atoms with Gasteiger partial charge in [0.15, 0.2) is 0 Å². The third-order valence-electron chi connectivity index (χ3n) is 2.73. The SMILES string of the molecule is COc1ccc(CNC(=O)c2c[nH]c(=O)c(Cl)c2)cc1. The molecule has 0 radical (unpaired) electrons. The van der Waals surface area contributed by atoms with Crippen LogP contribution in [-0.2, 0) is 6.54 Å². The van der Waals surface area contributed by atoms with Crippen molar-refractivity contribution < 1.29 is 9.53 Å². The van der Waals surface area contributed by atoms with Gasteiger partial charge in [-0.3, -0.25) is 9.59 Å². The number of rotatable bonds is 4. The Hall–Kier alpha value is -2.27. The lowest BCUT2D eigenvalue weighted by atomic mass is 10.2. The van der Waals surface area contributed by atoms with E-state index in [0.717, 1.165) is 11.3 Å². The van der Waals surface area contributed by atoms with Crippen molar-refractivity contribution in [1.82, 2.24) is 10.3 Å². The van der Waals surface area contributed by atoms with E-state index in [1.54, 1.807) is 7.11 Å². The summed E-state index contributed by atoms with van der Waals surface area (Å²) in [6.07, 6.45) is 1.33. The number of halogens is 1. The van der Waals surface area contributed by atoms with Gasteiger partial charge in [0, 0.05) is 12.7 Å². The van der Waals surface area contributed by atoms with Crippen LogP contribution in [0.5, 0.6) is 5.75 Å². The van der Waals surface area contributed by atoms with Crippen LogP contribution in [0.25, 0.3) is 0 Å². The first-order valence-electron chi connectivity index (χ1n) is 5.89. The lowest BCUT2D eigenvalue weighted by molar-refractivity contribution is 0.0950. The summed E-state index contributed by atoms with van der Waals surface area (Å²) in [5.41, 5.74) is 0.830. The summed E-state index contributed by atoms with van der Waals surface area (Å²) < 4.78 is 5.05. The van der Waals surface area contributed by atoms with Gasteiger partial charge in [0.2, 0.25) is 0 Å². The van der Waals surface area contributed by atoms with E-state index in [-0.39, 0.29) is 10.9 Å². The van der Waals surface area contributed by atoms with Gasteiger partial charge in [0.1, 0.15) is 10.8 Å². The monoisotopic (exact) mass is 292 g/mol. The normalized spacial score (nSPS) is 10.1. The Bertz CT molecular complexity index is 665. The van der Waals surface area contributed by atoms with Crippen molar-refractivity contribution in [3.05, 3.63) is 63.0 Å². The molecule has 1 aromatic carbocycles. The molecule has 0 saturated heterocycles. The molecular weight excluding hydrogens is 280 g/mol. The second kappa shape index (κ2) is 6.25. The first-order valence-corrected chi connectivity index (χ1v) is 6.27. The van der Waals surface area contributed by atoms with Gasteiger partial charge in [-0.2, -0.15) is 0 Å². The molecule has 0 aliphatic rings. The Labute approximate surface area is 120 Å². The van der Waals surface area contributed by atoms with Crippen molar-refractivity contribution in [3.8, 4) is 5.75 Å². The average molecular weight is 293 g/mol. The van der Waals surface area contributed by atoms with Gasteiger partial charge in [-0.1, -0.05) is 23.7 Å². The van der Waals surface area contributed by atoms with Crippen molar-refractivity contribution >= 4 is 17.5 Å². The summed E-state index contributed by atoms with van der Waals surface area (Å²) >= 11 is 5.67. The minimum Gasteiger partial charge on any atom is -0.497 e. The highest BCUT2D eigenvalue weighted by molar-refractivity contribution is 6.30. The number of aromatic nitrogens is 1. The molecule has 5 nitrogen and oxygen atoms in total. The number of hydrogen-bond acceptors (Lipinski definition) is 3. The van der Waals surface area contributed by atoms with Crippen molar-refractivity contribution in [2.24, 2.45) is 0 Å². The summed E-state index contributed by atoms with van der Waals surface area (Å²) in [5.74, 6) is 0.450. The van der Waals surface area contributed by atoms with Gasteiger partial charge in [0.05, 0.1) is 12.7 Å². The summed E-state index contributed by atoms with van der Waals surface area (Å²) in [6.45, 7) is 0.375. The second-order valence-electron chi connectivity index (χ2n) is 4.10. The number of benzene rings is 1. The van der Waals surface area contributed by atoms with Crippen molar-refractivity contribution in [1.29, 1.82) is 0 Å². The molecule has 1 heterocycles. The van der Waals surface area contributed by atoms with E-state index in [2.05, 4.69) is 10.3 Å². The third-order valence-corrected chi connectivity index (χ3v) is 3.01. The zero-order valence-corrected chi connectivity index (χ0v) is 11.5. The van der Waals surface area contributed by atoms with E-state index < -0.39 is 5.56 Å². The molecule has 1 aromatic heterocycles. The summed E-state index contributed by atoms with van der Waals surface area (Å²) in [7, 11) is 1.59. The lowest BCUT2D eigenvalue weighted by Gasteiger charge is -2.06. The first kappa shape index (κ1) is 14.1. The molecule has 104 valence electrons. The molecule has 2 N–H and O–H groups in total. The highest BCUT2D eigenvalue weighted by Crippen LogP contribution is 2.11. The van der Waals surface area contributed by atoms with Crippen molar-refractivity contribution in [2.45, 2.75) is 6.54 Å². The maximum Gasteiger partial charge on any atom is 0.266 e. The van der Waals surface area contributed by atoms with Crippen LogP contribution < -0.4 is 15.6 Å². The lowest BCUT2D eigenvalue weighted by Crippen LogP contribution is -2.24. The number of amides is 1. The molecule has 0 saturated carbocycles. The number of ether oxygens (including phenoxy) is 1. The number of H-pyrrole nitrogens is 1.